The Morgan fingerprint density at radius 1 is 1.11 bits per heavy atom. The van der Waals surface area contributed by atoms with Gasteiger partial charge in [-0.05, 0) is 48.9 Å². The van der Waals surface area contributed by atoms with Gasteiger partial charge in [0.1, 0.15) is 0 Å². The minimum Gasteiger partial charge on any atom is -0.265 e. The molecule has 1 N–H and O–H groups in total. The molecule has 2 aromatic rings. The minimum absolute atomic E-state index is 0.192. The molecule has 1 aromatic heterocycles. The number of aromatic nitrogens is 1. The van der Waals surface area contributed by atoms with E-state index in [1.165, 1.54) is 12.1 Å². The van der Waals surface area contributed by atoms with Gasteiger partial charge in [-0.25, -0.2) is 13.1 Å². The van der Waals surface area contributed by atoms with Crippen LogP contribution in [0.15, 0.2) is 53.7 Å². The molecule has 0 saturated heterocycles. The van der Waals surface area contributed by atoms with Gasteiger partial charge in [-0.15, -0.1) is 0 Å². The summed E-state index contributed by atoms with van der Waals surface area (Å²) < 4.78 is 26.9. The van der Waals surface area contributed by atoms with E-state index in [1.807, 2.05) is 0 Å². The summed E-state index contributed by atoms with van der Waals surface area (Å²) in [6.07, 6.45) is 3.25. The maximum Gasteiger partial charge on any atom is 0.241 e. The zero-order valence-corrected chi connectivity index (χ0v) is 11.8. The lowest BCUT2D eigenvalue weighted by Crippen LogP contribution is -2.26. The van der Waals surface area contributed by atoms with Crippen LogP contribution in [0, 0.1) is 0 Å². The van der Waals surface area contributed by atoms with E-state index in [0.29, 0.717) is 5.02 Å². The fourth-order valence-electron chi connectivity index (χ4n) is 1.63. The second-order valence-electron chi connectivity index (χ2n) is 4.08. The Morgan fingerprint density at radius 2 is 1.68 bits per heavy atom. The molecule has 1 heterocycles. The predicted molar refractivity (Wildman–Crippen MR) is 74.4 cm³/mol. The summed E-state index contributed by atoms with van der Waals surface area (Å²) in [5.41, 5.74) is 0.854. The molecule has 0 aliphatic heterocycles. The Hall–Kier alpha value is -1.43. The highest BCUT2D eigenvalue weighted by molar-refractivity contribution is 7.89. The Bertz CT molecular complexity index is 642. The molecule has 0 fully saturated rings. The molecule has 0 radical (unpaired) electrons. The van der Waals surface area contributed by atoms with E-state index in [4.69, 9.17) is 11.6 Å². The number of nitrogens with one attached hydrogen (secondary N) is 1. The Kier molecular flexibility index (Phi) is 4.19. The summed E-state index contributed by atoms with van der Waals surface area (Å²) in [7, 11) is -3.55. The van der Waals surface area contributed by atoms with Gasteiger partial charge in [-0.2, -0.15) is 0 Å². The third-order valence-electron chi connectivity index (χ3n) is 2.66. The van der Waals surface area contributed by atoms with Gasteiger partial charge in [0.15, 0.2) is 0 Å². The van der Waals surface area contributed by atoms with Crippen molar-refractivity contribution in [3.05, 3.63) is 59.4 Å². The van der Waals surface area contributed by atoms with Gasteiger partial charge in [-0.1, -0.05) is 11.6 Å². The molecule has 1 aromatic carbocycles. The van der Waals surface area contributed by atoms with Crippen LogP contribution in [0.2, 0.25) is 5.02 Å². The average Bonchev–Trinajstić information content (AvgIpc) is 2.40. The minimum atomic E-state index is -3.55. The van der Waals surface area contributed by atoms with Crippen LogP contribution in [0.1, 0.15) is 18.5 Å². The van der Waals surface area contributed by atoms with E-state index in [-0.39, 0.29) is 10.9 Å². The van der Waals surface area contributed by atoms with Crippen molar-refractivity contribution in [1.82, 2.24) is 9.71 Å². The highest BCUT2D eigenvalue weighted by atomic mass is 35.5. The van der Waals surface area contributed by atoms with E-state index in [0.717, 1.165) is 5.56 Å². The number of benzene rings is 1. The molecule has 0 spiro atoms. The Morgan fingerprint density at radius 3 is 2.26 bits per heavy atom. The largest absolute Gasteiger partial charge is 0.265 e. The van der Waals surface area contributed by atoms with Crippen molar-refractivity contribution in [2.75, 3.05) is 0 Å². The van der Waals surface area contributed by atoms with Gasteiger partial charge in [0.25, 0.3) is 0 Å². The molecule has 6 heteroatoms. The summed E-state index contributed by atoms with van der Waals surface area (Å²) >= 11 is 5.74. The van der Waals surface area contributed by atoms with Crippen LogP contribution in [0.3, 0.4) is 0 Å². The molecular formula is C13H13ClN2O2S. The first-order chi connectivity index (χ1) is 8.99. The standard InChI is InChI=1S/C13H13ClN2O2S/c1-10(11-6-8-15-9-7-11)16-19(17,18)13-4-2-12(14)3-5-13/h2-10,16H,1H3/t10-/m0/s1. The van der Waals surface area contributed by atoms with Crippen LogP contribution in [-0.2, 0) is 10.0 Å². The normalized spacial score (nSPS) is 13.2. The molecule has 2 rings (SSSR count). The summed E-state index contributed by atoms with van der Waals surface area (Å²) in [4.78, 5) is 4.09. The van der Waals surface area contributed by atoms with E-state index >= 15 is 0 Å². The van der Waals surface area contributed by atoms with Crippen molar-refractivity contribution >= 4 is 21.6 Å². The van der Waals surface area contributed by atoms with Gasteiger partial charge in [0, 0.05) is 23.5 Å². The number of hydrogen-bond donors (Lipinski definition) is 1. The van der Waals surface area contributed by atoms with Crippen molar-refractivity contribution in [2.24, 2.45) is 0 Å². The van der Waals surface area contributed by atoms with Crippen LogP contribution in [0.25, 0.3) is 0 Å². The van der Waals surface area contributed by atoms with Crippen LogP contribution in [-0.4, -0.2) is 13.4 Å². The fourth-order valence-corrected chi connectivity index (χ4v) is 2.99. The molecule has 0 bridgehead atoms. The molecule has 1 atom stereocenters. The van der Waals surface area contributed by atoms with Gasteiger partial charge in [0.05, 0.1) is 4.90 Å². The lowest BCUT2D eigenvalue weighted by atomic mass is 10.1. The van der Waals surface area contributed by atoms with Crippen molar-refractivity contribution < 1.29 is 8.42 Å². The quantitative estimate of drug-likeness (QED) is 0.944. The smallest absolute Gasteiger partial charge is 0.241 e. The van der Waals surface area contributed by atoms with Crippen LogP contribution < -0.4 is 4.72 Å². The molecule has 0 aliphatic rings. The molecule has 0 amide bonds. The van der Waals surface area contributed by atoms with E-state index < -0.39 is 10.0 Å². The highest BCUT2D eigenvalue weighted by Gasteiger charge is 2.17. The average molecular weight is 297 g/mol. The van der Waals surface area contributed by atoms with E-state index in [1.54, 1.807) is 43.6 Å². The number of nitrogens with zero attached hydrogens (tertiary/aromatic N) is 1. The molecule has 19 heavy (non-hydrogen) atoms. The second-order valence-corrected chi connectivity index (χ2v) is 6.23. The maximum absolute atomic E-state index is 12.2. The second kappa shape index (κ2) is 5.69. The van der Waals surface area contributed by atoms with Crippen LogP contribution in [0.4, 0.5) is 0 Å². The van der Waals surface area contributed by atoms with Crippen molar-refractivity contribution in [3.8, 4) is 0 Å². The predicted octanol–water partition coefficient (Wildman–Crippen LogP) is 2.77. The van der Waals surface area contributed by atoms with Crippen molar-refractivity contribution in [1.29, 1.82) is 0 Å². The topological polar surface area (TPSA) is 59.1 Å². The molecule has 4 nitrogen and oxygen atoms in total. The molecule has 0 unspecified atom stereocenters. The SMILES string of the molecule is C[C@H](NS(=O)(=O)c1ccc(Cl)cc1)c1ccncc1. The highest BCUT2D eigenvalue weighted by Crippen LogP contribution is 2.18. The van der Waals surface area contributed by atoms with Crippen LogP contribution >= 0.6 is 11.6 Å². The summed E-state index contributed by atoms with van der Waals surface area (Å²) in [6, 6.07) is 9.27. The zero-order valence-electron chi connectivity index (χ0n) is 10.2. The first kappa shape index (κ1) is 14.0. The first-order valence-electron chi connectivity index (χ1n) is 5.67. The maximum atomic E-state index is 12.2. The zero-order chi connectivity index (χ0) is 13.9. The van der Waals surface area contributed by atoms with Crippen molar-refractivity contribution in [2.45, 2.75) is 17.9 Å². The van der Waals surface area contributed by atoms with Gasteiger partial charge in [-0.3, -0.25) is 4.98 Å². The van der Waals surface area contributed by atoms with Gasteiger partial charge < -0.3 is 0 Å². The third kappa shape index (κ3) is 3.53. The van der Waals surface area contributed by atoms with E-state index in [9.17, 15) is 8.42 Å². The fraction of sp³-hybridized carbons (Fsp3) is 0.154. The summed E-state index contributed by atoms with van der Waals surface area (Å²) in [5, 5.41) is 0.501. The molecular weight excluding hydrogens is 284 g/mol. The number of sulfonamides is 1. The third-order valence-corrected chi connectivity index (χ3v) is 4.47. The van der Waals surface area contributed by atoms with Gasteiger partial charge in [0.2, 0.25) is 10.0 Å². The van der Waals surface area contributed by atoms with Gasteiger partial charge >= 0.3 is 0 Å². The Balaban J connectivity index is 2.20. The lowest BCUT2D eigenvalue weighted by Gasteiger charge is -2.14. The first-order valence-corrected chi connectivity index (χ1v) is 7.53. The number of pyridine rings is 1. The monoisotopic (exact) mass is 296 g/mol. The molecule has 0 aliphatic carbocycles. The molecule has 0 saturated carbocycles. The number of halogens is 1. The lowest BCUT2D eigenvalue weighted by molar-refractivity contribution is 0.567. The molecule has 100 valence electrons. The van der Waals surface area contributed by atoms with E-state index in [2.05, 4.69) is 9.71 Å². The number of rotatable bonds is 4. The summed E-state index contributed by atoms with van der Waals surface area (Å²) in [6.45, 7) is 1.78. The Labute approximate surface area is 117 Å². The summed E-state index contributed by atoms with van der Waals surface area (Å²) in [5.74, 6) is 0. The van der Waals surface area contributed by atoms with Crippen molar-refractivity contribution in [3.63, 3.8) is 0 Å². The number of hydrogen-bond acceptors (Lipinski definition) is 3. The van der Waals surface area contributed by atoms with Crippen LogP contribution in [0.5, 0.6) is 0 Å².